The Balaban J connectivity index is 2.35. The van der Waals surface area contributed by atoms with Gasteiger partial charge >= 0.3 is 5.97 Å². The minimum Gasteiger partial charge on any atom is -0.504 e. The second kappa shape index (κ2) is 9.27. The van der Waals surface area contributed by atoms with E-state index >= 15 is 0 Å². The van der Waals surface area contributed by atoms with E-state index in [-0.39, 0.29) is 23.9 Å². The maximum atomic E-state index is 11.7. The summed E-state index contributed by atoms with van der Waals surface area (Å²) in [6, 6.07) is 4.75. The van der Waals surface area contributed by atoms with Crippen molar-refractivity contribution in [2.75, 3.05) is 6.61 Å². The van der Waals surface area contributed by atoms with Gasteiger partial charge in [-0.05, 0) is 30.4 Å². The minimum absolute atomic E-state index is 0.153. The number of ether oxygens (including phenoxy) is 1. The Labute approximate surface area is 126 Å². The Morgan fingerprint density at radius 1 is 1.29 bits per heavy atom. The highest BCUT2D eigenvalue weighted by molar-refractivity contribution is 5.70. The molecule has 0 aliphatic heterocycles. The number of carbonyl (C=O) groups excluding carboxylic acids is 1. The van der Waals surface area contributed by atoms with Gasteiger partial charge in [0.25, 0.3) is 0 Å². The van der Waals surface area contributed by atoms with E-state index in [0.29, 0.717) is 24.5 Å². The fourth-order valence-corrected chi connectivity index (χ4v) is 2.20. The summed E-state index contributed by atoms with van der Waals surface area (Å²) < 4.78 is 5.30. The number of benzene rings is 1. The molecule has 118 valence electrons. The zero-order valence-electron chi connectivity index (χ0n) is 13.0. The van der Waals surface area contributed by atoms with E-state index < -0.39 is 0 Å². The van der Waals surface area contributed by atoms with Crippen LogP contribution in [0.2, 0.25) is 0 Å². The van der Waals surface area contributed by atoms with Crippen LogP contribution in [0.1, 0.15) is 51.5 Å². The summed E-state index contributed by atoms with van der Waals surface area (Å²) in [7, 11) is 0. The normalized spacial score (nSPS) is 12.1. The van der Waals surface area contributed by atoms with E-state index in [4.69, 9.17) is 4.74 Å². The van der Waals surface area contributed by atoms with Gasteiger partial charge in [-0.2, -0.15) is 0 Å². The molecule has 0 radical (unpaired) electrons. The van der Waals surface area contributed by atoms with Gasteiger partial charge in [0.2, 0.25) is 0 Å². The number of aromatic hydroxyl groups is 2. The second-order valence-electron chi connectivity index (χ2n) is 5.38. The molecule has 0 spiro atoms. The Kier molecular flexibility index (Phi) is 7.65. The first kappa shape index (κ1) is 17.3. The number of esters is 1. The number of phenols is 2. The molecule has 0 amide bonds. The van der Waals surface area contributed by atoms with Gasteiger partial charge < -0.3 is 14.9 Å². The predicted octanol–water partition coefficient (Wildman–Crippen LogP) is 3.79. The molecule has 1 unspecified atom stereocenters. The number of rotatable bonds is 9. The minimum atomic E-state index is -0.257. The molecule has 2 N–H and O–H groups in total. The molecular formula is C17H26O4. The zero-order chi connectivity index (χ0) is 15.7. The molecule has 0 saturated carbocycles. The highest BCUT2D eigenvalue weighted by Gasteiger charge is 2.12. The molecule has 4 heteroatoms. The number of para-hydroxylation sites is 1. The lowest BCUT2D eigenvalue weighted by Gasteiger charge is -2.14. The van der Waals surface area contributed by atoms with Crippen LogP contribution in [-0.4, -0.2) is 22.8 Å². The van der Waals surface area contributed by atoms with Crippen molar-refractivity contribution in [3.63, 3.8) is 0 Å². The van der Waals surface area contributed by atoms with Crippen molar-refractivity contribution in [3.05, 3.63) is 23.8 Å². The molecular weight excluding hydrogens is 268 g/mol. The highest BCUT2D eigenvalue weighted by Crippen LogP contribution is 2.29. The topological polar surface area (TPSA) is 66.8 Å². The van der Waals surface area contributed by atoms with E-state index in [1.807, 2.05) is 0 Å². The molecule has 0 saturated heterocycles. The van der Waals surface area contributed by atoms with Gasteiger partial charge in [-0.3, -0.25) is 4.79 Å². The summed E-state index contributed by atoms with van der Waals surface area (Å²) in [6.07, 6.45) is 4.99. The van der Waals surface area contributed by atoms with Gasteiger partial charge in [-0.15, -0.1) is 0 Å². The van der Waals surface area contributed by atoms with Crippen LogP contribution in [0.3, 0.4) is 0 Å². The van der Waals surface area contributed by atoms with Gasteiger partial charge in [-0.1, -0.05) is 45.2 Å². The number of hydrogen-bond donors (Lipinski definition) is 2. The van der Waals surface area contributed by atoms with E-state index in [1.54, 1.807) is 12.1 Å². The van der Waals surface area contributed by atoms with Gasteiger partial charge in [0.1, 0.15) is 0 Å². The third kappa shape index (κ3) is 6.06. The quantitative estimate of drug-likeness (QED) is 0.537. The fourth-order valence-electron chi connectivity index (χ4n) is 2.20. The standard InChI is InChI=1S/C17H26O4/c1-3-5-7-13(4-2)12-21-16(19)11-10-14-8-6-9-15(18)17(14)20/h6,8-9,13,18,20H,3-5,7,10-12H2,1-2H3. The van der Waals surface area contributed by atoms with Crippen molar-refractivity contribution in [2.45, 2.75) is 52.4 Å². The van der Waals surface area contributed by atoms with Crippen molar-refractivity contribution in [3.8, 4) is 11.5 Å². The lowest BCUT2D eigenvalue weighted by atomic mass is 10.0. The Hall–Kier alpha value is -1.71. The van der Waals surface area contributed by atoms with E-state index in [2.05, 4.69) is 13.8 Å². The highest BCUT2D eigenvalue weighted by atomic mass is 16.5. The first-order valence-corrected chi connectivity index (χ1v) is 7.73. The third-order valence-corrected chi connectivity index (χ3v) is 3.72. The predicted molar refractivity (Wildman–Crippen MR) is 82.4 cm³/mol. The maximum Gasteiger partial charge on any atom is 0.306 e. The number of carbonyl (C=O) groups is 1. The van der Waals surface area contributed by atoms with Crippen LogP contribution in [0.5, 0.6) is 11.5 Å². The zero-order valence-corrected chi connectivity index (χ0v) is 13.0. The number of unbranched alkanes of at least 4 members (excludes halogenated alkanes) is 1. The first-order chi connectivity index (χ1) is 10.1. The van der Waals surface area contributed by atoms with Crippen molar-refractivity contribution in [2.24, 2.45) is 5.92 Å². The molecule has 0 heterocycles. The van der Waals surface area contributed by atoms with Crippen molar-refractivity contribution in [1.29, 1.82) is 0 Å². The van der Waals surface area contributed by atoms with Crippen molar-refractivity contribution in [1.82, 2.24) is 0 Å². The third-order valence-electron chi connectivity index (χ3n) is 3.72. The molecule has 1 aromatic carbocycles. The molecule has 1 aromatic rings. The molecule has 4 nitrogen and oxygen atoms in total. The van der Waals surface area contributed by atoms with Crippen LogP contribution in [-0.2, 0) is 16.0 Å². The summed E-state index contributed by atoms with van der Waals surface area (Å²) in [5.74, 6) is -0.137. The molecule has 0 fully saturated rings. The van der Waals surface area contributed by atoms with Crippen LogP contribution in [0, 0.1) is 5.92 Å². The summed E-state index contributed by atoms with van der Waals surface area (Å²) in [5.41, 5.74) is 0.560. The monoisotopic (exact) mass is 294 g/mol. The number of phenolic OH excluding ortho intramolecular Hbond substituents is 2. The number of aryl methyl sites for hydroxylation is 1. The van der Waals surface area contributed by atoms with Crippen molar-refractivity contribution >= 4 is 5.97 Å². The maximum absolute atomic E-state index is 11.7. The van der Waals surface area contributed by atoms with E-state index in [1.165, 1.54) is 6.07 Å². The van der Waals surface area contributed by atoms with Crippen LogP contribution in [0.25, 0.3) is 0 Å². The molecule has 0 aromatic heterocycles. The van der Waals surface area contributed by atoms with Gasteiger partial charge in [0, 0.05) is 6.42 Å². The Morgan fingerprint density at radius 2 is 2.05 bits per heavy atom. The number of hydrogen-bond acceptors (Lipinski definition) is 4. The largest absolute Gasteiger partial charge is 0.504 e. The van der Waals surface area contributed by atoms with Gasteiger partial charge in [0.15, 0.2) is 11.5 Å². The first-order valence-electron chi connectivity index (χ1n) is 7.73. The lowest BCUT2D eigenvalue weighted by molar-refractivity contribution is -0.145. The van der Waals surface area contributed by atoms with Crippen LogP contribution < -0.4 is 0 Å². The van der Waals surface area contributed by atoms with E-state index in [0.717, 1.165) is 25.7 Å². The summed E-state index contributed by atoms with van der Waals surface area (Å²) in [4.78, 5) is 11.7. The average Bonchev–Trinajstić information content (AvgIpc) is 2.49. The molecule has 0 aliphatic rings. The van der Waals surface area contributed by atoms with Crippen LogP contribution in [0.15, 0.2) is 18.2 Å². The van der Waals surface area contributed by atoms with Gasteiger partial charge in [-0.25, -0.2) is 0 Å². The van der Waals surface area contributed by atoms with Crippen molar-refractivity contribution < 1.29 is 19.7 Å². The molecule has 0 aliphatic carbocycles. The smallest absolute Gasteiger partial charge is 0.306 e. The van der Waals surface area contributed by atoms with Gasteiger partial charge in [0.05, 0.1) is 6.61 Å². The summed E-state index contributed by atoms with van der Waals surface area (Å²) >= 11 is 0. The summed E-state index contributed by atoms with van der Waals surface area (Å²) in [6.45, 7) is 4.74. The lowest BCUT2D eigenvalue weighted by Crippen LogP contribution is -2.14. The van der Waals surface area contributed by atoms with Crippen LogP contribution >= 0.6 is 0 Å². The van der Waals surface area contributed by atoms with Crippen LogP contribution in [0.4, 0.5) is 0 Å². The second-order valence-corrected chi connectivity index (χ2v) is 5.38. The molecule has 1 rings (SSSR count). The Morgan fingerprint density at radius 3 is 2.71 bits per heavy atom. The Bertz CT molecular complexity index is 442. The average molecular weight is 294 g/mol. The molecule has 1 atom stereocenters. The fraction of sp³-hybridized carbons (Fsp3) is 0.588. The molecule has 0 bridgehead atoms. The SMILES string of the molecule is CCCCC(CC)COC(=O)CCc1cccc(O)c1O. The summed E-state index contributed by atoms with van der Waals surface area (Å²) in [5, 5.41) is 19.1. The van der Waals surface area contributed by atoms with E-state index in [9.17, 15) is 15.0 Å². The molecule has 21 heavy (non-hydrogen) atoms.